The van der Waals surface area contributed by atoms with Crippen molar-refractivity contribution in [1.82, 2.24) is 14.9 Å². The summed E-state index contributed by atoms with van der Waals surface area (Å²) in [6.07, 6.45) is 4.04. The van der Waals surface area contributed by atoms with Crippen molar-refractivity contribution in [1.29, 1.82) is 0 Å². The number of nitrogens with one attached hydrogen (secondary N) is 1. The Morgan fingerprint density at radius 2 is 1.97 bits per heavy atom. The first kappa shape index (κ1) is 17.7. The quantitative estimate of drug-likeness (QED) is 0.544. The van der Waals surface area contributed by atoms with Crippen LogP contribution in [-0.4, -0.2) is 41.0 Å². The van der Waals surface area contributed by atoms with Crippen LogP contribution in [0.5, 0.6) is 5.75 Å². The van der Waals surface area contributed by atoms with Gasteiger partial charge in [-0.2, -0.15) is 0 Å². The third-order valence-electron chi connectivity index (χ3n) is 5.74. The van der Waals surface area contributed by atoms with Gasteiger partial charge in [-0.25, -0.2) is 4.98 Å². The van der Waals surface area contributed by atoms with E-state index >= 15 is 0 Å². The number of likely N-dealkylation sites (tertiary alicyclic amines) is 1. The minimum absolute atomic E-state index is 0.116. The first-order valence-corrected chi connectivity index (χ1v) is 10.0. The summed E-state index contributed by atoms with van der Waals surface area (Å²) in [7, 11) is 1.67. The van der Waals surface area contributed by atoms with Crippen LogP contribution < -0.4 is 4.74 Å². The van der Waals surface area contributed by atoms with Crippen LogP contribution >= 0.6 is 0 Å². The molecule has 0 aliphatic carbocycles. The Labute approximate surface area is 169 Å². The number of aryl methyl sites for hydroxylation is 1. The molecule has 2 aromatic carbocycles. The molecule has 2 aromatic heterocycles. The summed E-state index contributed by atoms with van der Waals surface area (Å²) in [4.78, 5) is 22.8. The first-order valence-electron chi connectivity index (χ1n) is 10.0. The average Bonchev–Trinajstić information content (AvgIpc) is 3.41. The maximum absolute atomic E-state index is 12.9. The number of aromatic amines is 1. The molecule has 1 N–H and O–H groups in total. The number of carbonyl (C=O) groups is 1. The normalized spacial score (nSPS) is 14.1. The number of H-pyrrole nitrogens is 1. The van der Waals surface area contributed by atoms with Crippen LogP contribution in [0, 0.1) is 6.92 Å². The van der Waals surface area contributed by atoms with Crippen LogP contribution in [0.15, 0.2) is 48.7 Å². The lowest BCUT2D eigenvalue weighted by atomic mass is 9.97. The summed E-state index contributed by atoms with van der Waals surface area (Å²) in [6, 6.07) is 14.1. The van der Waals surface area contributed by atoms with Crippen molar-refractivity contribution in [2.75, 3.05) is 20.2 Å². The van der Waals surface area contributed by atoms with E-state index in [1.54, 1.807) is 7.11 Å². The second kappa shape index (κ2) is 6.92. The monoisotopic (exact) mass is 385 g/mol. The van der Waals surface area contributed by atoms with Crippen LogP contribution in [0.3, 0.4) is 0 Å². The Hall–Kier alpha value is -3.34. The smallest absolute Gasteiger partial charge is 0.253 e. The predicted molar refractivity (Wildman–Crippen MR) is 115 cm³/mol. The first-order chi connectivity index (χ1) is 14.2. The van der Waals surface area contributed by atoms with E-state index in [2.05, 4.69) is 28.2 Å². The van der Waals surface area contributed by atoms with Crippen molar-refractivity contribution in [2.45, 2.75) is 19.8 Å². The van der Waals surface area contributed by atoms with E-state index < -0.39 is 0 Å². The zero-order valence-electron chi connectivity index (χ0n) is 16.7. The van der Waals surface area contributed by atoms with Crippen molar-refractivity contribution >= 4 is 27.8 Å². The van der Waals surface area contributed by atoms with Crippen molar-refractivity contribution in [3.8, 4) is 16.9 Å². The van der Waals surface area contributed by atoms with Crippen molar-refractivity contribution in [3.63, 3.8) is 0 Å². The number of nitrogens with zero attached hydrogens (tertiary/aromatic N) is 2. The molecule has 0 spiro atoms. The molecule has 5 heteroatoms. The maximum atomic E-state index is 12.9. The highest BCUT2D eigenvalue weighted by molar-refractivity contribution is 6.15. The van der Waals surface area contributed by atoms with Gasteiger partial charge in [-0.15, -0.1) is 0 Å². The highest BCUT2D eigenvalue weighted by Crippen LogP contribution is 2.39. The molecular weight excluding hydrogens is 362 g/mol. The summed E-state index contributed by atoms with van der Waals surface area (Å²) >= 11 is 0. The third-order valence-corrected chi connectivity index (χ3v) is 5.74. The molecule has 0 atom stereocenters. The Bertz CT molecular complexity index is 1240. The third kappa shape index (κ3) is 2.94. The van der Waals surface area contributed by atoms with Gasteiger partial charge < -0.3 is 14.6 Å². The second-order valence-corrected chi connectivity index (χ2v) is 7.68. The highest BCUT2D eigenvalue weighted by Gasteiger charge is 2.21. The zero-order chi connectivity index (χ0) is 20.0. The van der Waals surface area contributed by atoms with Crippen LogP contribution in [0.2, 0.25) is 0 Å². The van der Waals surface area contributed by atoms with E-state index in [4.69, 9.17) is 4.74 Å². The molecule has 29 heavy (non-hydrogen) atoms. The number of benzene rings is 2. The van der Waals surface area contributed by atoms with Gasteiger partial charge in [0.2, 0.25) is 0 Å². The van der Waals surface area contributed by atoms with Gasteiger partial charge in [0.15, 0.2) is 0 Å². The van der Waals surface area contributed by atoms with Crippen molar-refractivity contribution < 1.29 is 9.53 Å². The van der Waals surface area contributed by atoms with Gasteiger partial charge in [0.25, 0.3) is 5.91 Å². The number of pyridine rings is 1. The van der Waals surface area contributed by atoms with Gasteiger partial charge in [-0.1, -0.05) is 12.1 Å². The van der Waals surface area contributed by atoms with Gasteiger partial charge in [0.05, 0.1) is 12.6 Å². The van der Waals surface area contributed by atoms with Crippen molar-refractivity contribution in [3.05, 3.63) is 59.8 Å². The zero-order valence-corrected chi connectivity index (χ0v) is 16.7. The van der Waals surface area contributed by atoms with Gasteiger partial charge in [0.1, 0.15) is 11.4 Å². The summed E-state index contributed by atoms with van der Waals surface area (Å²) in [5.41, 5.74) is 5.68. The molecule has 1 aliphatic heterocycles. The molecule has 0 unspecified atom stereocenters. The van der Waals surface area contributed by atoms with E-state index in [9.17, 15) is 4.79 Å². The number of hydrogen-bond acceptors (Lipinski definition) is 3. The molecule has 4 aromatic rings. The molecule has 0 bridgehead atoms. The summed E-state index contributed by atoms with van der Waals surface area (Å²) in [6.45, 7) is 3.74. The molecule has 1 amide bonds. The molecule has 0 saturated carbocycles. The fourth-order valence-electron chi connectivity index (χ4n) is 4.30. The van der Waals surface area contributed by atoms with E-state index in [1.165, 1.54) is 0 Å². The lowest BCUT2D eigenvalue weighted by molar-refractivity contribution is 0.0793. The Balaban J connectivity index is 1.71. The lowest BCUT2D eigenvalue weighted by Crippen LogP contribution is -2.27. The number of amides is 1. The Morgan fingerprint density at radius 3 is 2.76 bits per heavy atom. The van der Waals surface area contributed by atoms with Gasteiger partial charge in [-0.05, 0) is 66.8 Å². The number of fused-ring (bicyclic) bond motifs is 3. The van der Waals surface area contributed by atoms with Crippen molar-refractivity contribution in [2.24, 2.45) is 0 Å². The predicted octanol–water partition coefficient (Wildman–Crippen LogP) is 4.94. The number of methoxy groups -OCH3 is 1. The van der Waals surface area contributed by atoms with Gasteiger partial charge in [-0.3, -0.25) is 4.79 Å². The second-order valence-electron chi connectivity index (χ2n) is 7.68. The molecule has 5 nitrogen and oxygen atoms in total. The number of hydrogen-bond donors (Lipinski definition) is 1. The molecule has 1 aliphatic rings. The standard InChI is InChI=1S/C24H23N3O2/c1-15-12-19-21-18(8-9-20(29-2)22(21)26-23(19)25-14-15)16-6-5-7-17(13-16)24(28)27-10-3-4-11-27/h5-9,12-14H,3-4,10-11H2,1-2H3,(H,25,26). The molecule has 146 valence electrons. The summed E-state index contributed by atoms with van der Waals surface area (Å²) in [5, 5.41) is 2.13. The summed E-state index contributed by atoms with van der Waals surface area (Å²) < 4.78 is 5.59. The van der Waals surface area contributed by atoms with E-state index in [-0.39, 0.29) is 5.91 Å². The minimum Gasteiger partial charge on any atom is -0.495 e. The van der Waals surface area contributed by atoms with Crippen LogP contribution in [0.1, 0.15) is 28.8 Å². The van der Waals surface area contributed by atoms with Crippen LogP contribution in [0.4, 0.5) is 0 Å². The van der Waals surface area contributed by atoms with Crippen LogP contribution in [0.25, 0.3) is 33.1 Å². The van der Waals surface area contributed by atoms with E-state index in [0.29, 0.717) is 0 Å². The Morgan fingerprint density at radius 1 is 1.14 bits per heavy atom. The number of aromatic nitrogens is 2. The average molecular weight is 385 g/mol. The fourth-order valence-corrected chi connectivity index (χ4v) is 4.30. The highest BCUT2D eigenvalue weighted by atomic mass is 16.5. The number of ether oxygens (including phenoxy) is 1. The molecule has 3 heterocycles. The van der Waals surface area contributed by atoms with Gasteiger partial charge >= 0.3 is 0 Å². The Kier molecular flexibility index (Phi) is 4.23. The SMILES string of the molecule is COc1ccc(-c2cccc(C(=O)N3CCCC3)c2)c2c1[nH]c1ncc(C)cc12. The molecule has 1 fully saturated rings. The molecule has 0 radical (unpaired) electrons. The number of rotatable bonds is 3. The topological polar surface area (TPSA) is 58.2 Å². The minimum atomic E-state index is 0.116. The fraction of sp³-hybridized carbons (Fsp3) is 0.250. The van der Waals surface area contributed by atoms with Gasteiger partial charge in [0, 0.05) is 35.6 Å². The van der Waals surface area contributed by atoms with E-state index in [1.807, 2.05) is 42.3 Å². The largest absolute Gasteiger partial charge is 0.495 e. The molecular formula is C24H23N3O2. The van der Waals surface area contributed by atoms with Crippen LogP contribution in [-0.2, 0) is 0 Å². The number of carbonyl (C=O) groups excluding carboxylic acids is 1. The van der Waals surface area contributed by atoms with E-state index in [0.717, 1.165) is 75.9 Å². The molecule has 1 saturated heterocycles. The maximum Gasteiger partial charge on any atom is 0.253 e. The summed E-state index contributed by atoms with van der Waals surface area (Å²) in [5.74, 6) is 0.897. The molecule has 5 rings (SSSR count). The lowest BCUT2D eigenvalue weighted by Gasteiger charge is -2.16.